The summed E-state index contributed by atoms with van der Waals surface area (Å²) < 4.78 is 5.89. The topological polar surface area (TPSA) is 73.1 Å². The minimum atomic E-state index is 0.391. The van der Waals surface area contributed by atoms with E-state index in [4.69, 9.17) is 10.5 Å². The van der Waals surface area contributed by atoms with E-state index in [-0.39, 0.29) is 0 Å². The molecule has 5 nitrogen and oxygen atoms in total. The van der Waals surface area contributed by atoms with Crippen molar-refractivity contribution >= 4 is 5.82 Å². The molecule has 112 valence electrons. The van der Waals surface area contributed by atoms with Gasteiger partial charge in [-0.05, 0) is 38.5 Å². The molecule has 0 aromatic carbocycles. The van der Waals surface area contributed by atoms with Gasteiger partial charge in [-0.1, -0.05) is 6.92 Å². The first-order valence-electron chi connectivity index (χ1n) is 7.70. The van der Waals surface area contributed by atoms with Gasteiger partial charge in [0.05, 0.1) is 6.10 Å². The fraction of sp³-hybridized carbons (Fsp3) is 0.733. The van der Waals surface area contributed by atoms with Crippen LogP contribution in [0.3, 0.4) is 0 Å². The molecule has 3 N–H and O–H groups in total. The minimum Gasteiger partial charge on any atom is -0.378 e. The lowest BCUT2D eigenvalue weighted by atomic mass is 9.94. The number of nitrogens with one attached hydrogen (secondary N) is 1. The van der Waals surface area contributed by atoms with E-state index in [1.165, 1.54) is 0 Å². The Balaban J connectivity index is 1.57. The highest BCUT2D eigenvalue weighted by Gasteiger charge is 2.18. The number of rotatable bonds is 7. The predicted molar refractivity (Wildman–Crippen MR) is 80.7 cm³/mol. The van der Waals surface area contributed by atoms with E-state index in [2.05, 4.69) is 22.2 Å². The zero-order valence-corrected chi connectivity index (χ0v) is 12.3. The summed E-state index contributed by atoms with van der Waals surface area (Å²) in [6, 6.07) is 2.39. The van der Waals surface area contributed by atoms with Crippen molar-refractivity contribution in [3.63, 3.8) is 0 Å². The monoisotopic (exact) mass is 278 g/mol. The van der Waals surface area contributed by atoms with E-state index < -0.39 is 0 Å². The molecule has 1 fully saturated rings. The molecule has 0 saturated heterocycles. The van der Waals surface area contributed by atoms with Gasteiger partial charge in [0, 0.05) is 31.0 Å². The molecular formula is C15H26N4O. The number of nitrogens with two attached hydrogens (primary N) is 1. The van der Waals surface area contributed by atoms with Crippen LogP contribution in [0, 0.1) is 0 Å². The van der Waals surface area contributed by atoms with Crippen LogP contribution in [0.25, 0.3) is 0 Å². The second-order valence-electron chi connectivity index (χ2n) is 5.44. The molecule has 0 atom stereocenters. The average molecular weight is 278 g/mol. The maximum Gasteiger partial charge on any atom is 0.129 e. The Kier molecular flexibility index (Phi) is 6.21. The molecule has 5 heteroatoms. The van der Waals surface area contributed by atoms with Crippen LogP contribution in [0.4, 0.5) is 5.82 Å². The maximum atomic E-state index is 5.89. The van der Waals surface area contributed by atoms with Gasteiger partial charge in [0.15, 0.2) is 0 Å². The SMILES string of the molecule is CCc1cc(NCCCOC2CCC(N)CC2)ncn1. The molecule has 1 aliphatic rings. The van der Waals surface area contributed by atoms with Crippen molar-refractivity contribution in [1.82, 2.24) is 9.97 Å². The van der Waals surface area contributed by atoms with Gasteiger partial charge < -0.3 is 15.8 Å². The number of anilines is 1. The number of nitrogens with zero attached hydrogens (tertiary/aromatic N) is 2. The Hall–Kier alpha value is -1.20. The van der Waals surface area contributed by atoms with Crippen LogP contribution in [0.1, 0.15) is 44.7 Å². The summed E-state index contributed by atoms with van der Waals surface area (Å²) in [7, 11) is 0. The van der Waals surface area contributed by atoms with Gasteiger partial charge in [-0.15, -0.1) is 0 Å². The van der Waals surface area contributed by atoms with Crippen LogP contribution < -0.4 is 11.1 Å². The fourth-order valence-electron chi connectivity index (χ4n) is 2.48. The third kappa shape index (κ3) is 5.06. The summed E-state index contributed by atoms with van der Waals surface area (Å²) in [6.45, 7) is 3.78. The lowest BCUT2D eigenvalue weighted by Crippen LogP contribution is -2.30. The molecule has 0 unspecified atom stereocenters. The van der Waals surface area contributed by atoms with Crippen molar-refractivity contribution < 1.29 is 4.74 Å². The van der Waals surface area contributed by atoms with Crippen molar-refractivity contribution in [2.45, 2.75) is 57.6 Å². The molecule has 1 heterocycles. The number of aryl methyl sites for hydroxylation is 1. The summed E-state index contributed by atoms with van der Waals surface area (Å²) in [4.78, 5) is 8.39. The summed E-state index contributed by atoms with van der Waals surface area (Å²) in [6.07, 6.45) is 8.38. The van der Waals surface area contributed by atoms with Crippen LogP contribution in [-0.2, 0) is 11.2 Å². The second kappa shape index (κ2) is 8.17. The smallest absolute Gasteiger partial charge is 0.129 e. The fourth-order valence-corrected chi connectivity index (χ4v) is 2.48. The summed E-state index contributed by atoms with van der Waals surface area (Å²) in [5.41, 5.74) is 6.95. The second-order valence-corrected chi connectivity index (χ2v) is 5.44. The summed E-state index contributed by atoms with van der Waals surface area (Å²) in [5, 5.41) is 3.31. The Labute approximate surface area is 121 Å². The first-order chi connectivity index (χ1) is 9.78. The van der Waals surface area contributed by atoms with E-state index in [0.29, 0.717) is 12.1 Å². The number of aromatic nitrogens is 2. The number of hydrogen-bond acceptors (Lipinski definition) is 5. The Morgan fingerprint density at radius 3 is 2.85 bits per heavy atom. The molecule has 0 radical (unpaired) electrons. The Bertz CT molecular complexity index is 391. The van der Waals surface area contributed by atoms with Crippen molar-refractivity contribution in [3.05, 3.63) is 18.1 Å². The minimum absolute atomic E-state index is 0.391. The molecular weight excluding hydrogens is 252 g/mol. The highest BCUT2D eigenvalue weighted by atomic mass is 16.5. The molecule has 2 rings (SSSR count). The molecule has 1 aromatic rings. The average Bonchev–Trinajstić information content (AvgIpc) is 2.49. The van der Waals surface area contributed by atoms with Crippen LogP contribution in [0.2, 0.25) is 0 Å². The van der Waals surface area contributed by atoms with Gasteiger partial charge in [0.2, 0.25) is 0 Å². The van der Waals surface area contributed by atoms with Crippen LogP contribution in [0.5, 0.6) is 0 Å². The van der Waals surface area contributed by atoms with Crippen LogP contribution in [-0.4, -0.2) is 35.3 Å². The van der Waals surface area contributed by atoms with Gasteiger partial charge >= 0.3 is 0 Å². The number of hydrogen-bond donors (Lipinski definition) is 2. The molecule has 1 aliphatic carbocycles. The zero-order valence-electron chi connectivity index (χ0n) is 12.3. The van der Waals surface area contributed by atoms with Crippen molar-refractivity contribution in [1.29, 1.82) is 0 Å². The maximum absolute atomic E-state index is 5.89. The molecule has 0 bridgehead atoms. The lowest BCUT2D eigenvalue weighted by Gasteiger charge is -2.26. The molecule has 1 aromatic heterocycles. The molecule has 0 spiro atoms. The normalized spacial score (nSPS) is 22.7. The summed E-state index contributed by atoms with van der Waals surface area (Å²) in [5.74, 6) is 0.903. The lowest BCUT2D eigenvalue weighted by molar-refractivity contribution is 0.0251. The van der Waals surface area contributed by atoms with Crippen LogP contribution in [0.15, 0.2) is 12.4 Å². The van der Waals surface area contributed by atoms with E-state index in [9.17, 15) is 0 Å². The third-order valence-corrected chi connectivity index (χ3v) is 3.79. The largest absolute Gasteiger partial charge is 0.378 e. The van der Waals surface area contributed by atoms with Crippen molar-refractivity contribution in [2.24, 2.45) is 5.73 Å². The van der Waals surface area contributed by atoms with Crippen molar-refractivity contribution in [2.75, 3.05) is 18.5 Å². The van der Waals surface area contributed by atoms with Gasteiger partial charge in [-0.25, -0.2) is 9.97 Å². The Morgan fingerprint density at radius 2 is 2.10 bits per heavy atom. The van der Waals surface area contributed by atoms with E-state index in [1.807, 2.05) is 6.07 Å². The molecule has 0 amide bonds. The quantitative estimate of drug-likeness (QED) is 0.747. The highest BCUT2D eigenvalue weighted by molar-refractivity contribution is 5.34. The van der Waals surface area contributed by atoms with Gasteiger partial charge in [-0.2, -0.15) is 0 Å². The van der Waals surface area contributed by atoms with E-state index >= 15 is 0 Å². The first kappa shape index (κ1) is 15.2. The van der Waals surface area contributed by atoms with Crippen LogP contribution >= 0.6 is 0 Å². The van der Waals surface area contributed by atoms with Gasteiger partial charge in [-0.3, -0.25) is 0 Å². The van der Waals surface area contributed by atoms with Gasteiger partial charge in [0.25, 0.3) is 0 Å². The number of ether oxygens (including phenoxy) is 1. The standard InChI is InChI=1S/C15H26N4O/c1-2-13-10-15(19-11-18-13)17-8-3-9-20-14-6-4-12(16)5-7-14/h10-12,14H,2-9,16H2,1H3,(H,17,18,19). The van der Waals surface area contributed by atoms with E-state index in [1.54, 1.807) is 6.33 Å². The predicted octanol–water partition coefficient (Wildman–Crippen LogP) is 2.13. The molecule has 0 aliphatic heterocycles. The Morgan fingerprint density at radius 1 is 1.30 bits per heavy atom. The molecule has 20 heavy (non-hydrogen) atoms. The van der Waals surface area contributed by atoms with Crippen molar-refractivity contribution in [3.8, 4) is 0 Å². The highest BCUT2D eigenvalue weighted by Crippen LogP contribution is 2.19. The third-order valence-electron chi connectivity index (χ3n) is 3.79. The van der Waals surface area contributed by atoms with Gasteiger partial charge in [0.1, 0.15) is 12.1 Å². The van der Waals surface area contributed by atoms with E-state index in [0.717, 1.165) is 63.2 Å². The molecule has 1 saturated carbocycles. The summed E-state index contributed by atoms with van der Waals surface area (Å²) >= 11 is 0. The first-order valence-corrected chi connectivity index (χ1v) is 7.70. The zero-order chi connectivity index (χ0) is 14.2.